The zero-order chi connectivity index (χ0) is 22.8. The van der Waals surface area contributed by atoms with Crippen LogP contribution in [0, 0.1) is 13.8 Å². The van der Waals surface area contributed by atoms with Crippen LogP contribution in [0.1, 0.15) is 41.1 Å². The summed E-state index contributed by atoms with van der Waals surface area (Å²) in [5.41, 5.74) is 5.56. The standard InChI is InChI=1S/C25H30ClN5S/c1-17-16-19(18(2)31(17)22-12-6-5-10-20(22)26)24-23(21-11-7-8-13-27-21)28-25(32)30(24)15-9-14-29(3)4/h5-8,10-13,16,23-24H,9,14-15H2,1-4H3,(H,28,32)/t23-,24-/m0/s1. The lowest BCUT2D eigenvalue weighted by Crippen LogP contribution is -2.32. The van der Waals surface area contributed by atoms with Crippen LogP contribution in [-0.4, -0.2) is 51.6 Å². The minimum absolute atomic E-state index is 0.0109. The second-order valence-electron chi connectivity index (χ2n) is 8.59. The number of nitrogens with one attached hydrogen (secondary N) is 1. The molecule has 1 fully saturated rings. The van der Waals surface area contributed by atoms with Crippen LogP contribution in [0.25, 0.3) is 5.69 Å². The lowest BCUT2D eigenvalue weighted by molar-refractivity contribution is 0.292. The maximum absolute atomic E-state index is 6.57. The Morgan fingerprint density at radius 2 is 1.88 bits per heavy atom. The fourth-order valence-electron chi connectivity index (χ4n) is 4.63. The monoisotopic (exact) mass is 467 g/mol. The van der Waals surface area contributed by atoms with Crippen molar-refractivity contribution in [2.75, 3.05) is 27.2 Å². The summed E-state index contributed by atoms with van der Waals surface area (Å²) in [7, 11) is 4.21. The number of aryl methyl sites for hydroxylation is 1. The predicted molar refractivity (Wildman–Crippen MR) is 136 cm³/mol. The third kappa shape index (κ3) is 4.40. The molecule has 1 saturated heterocycles. The van der Waals surface area contributed by atoms with E-state index in [4.69, 9.17) is 23.8 Å². The lowest BCUT2D eigenvalue weighted by Gasteiger charge is -2.28. The molecular formula is C25H30ClN5S. The normalized spacial score (nSPS) is 18.4. The fraction of sp³-hybridized carbons (Fsp3) is 0.360. The van der Waals surface area contributed by atoms with E-state index >= 15 is 0 Å². The van der Waals surface area contributed by atoms with Gasteiger partial charge in [-0.2, -0.15) is 0 Å². The first-order valence-corrected chi connectivity index (χ1v) is 11.7. The second-order valence-corrected chi connectivity index (χ2v) is 9.38. The smallest absolute Gasteiger partial charge is 0.170 e. The number of benzene rings is 1. The Kier molecular flexibility index (Phi) is 6.84. The number of nitrogens with zero attached hydrogens (tertiary/aromatic N) is 4. The molecule has 2 atom stereocenters. The van der Waals surface area contributed by atoms with Crippen LogP contribution < -0.4 is 5.32 Å². The Hall–Kier alpha value is -2.41. The molecule has 3 aromatic rings. The molecule has 0 spiro atoms. The maximum Gasteiger partial charge on any atom is 0.170 e. The van der Waals surface area contributed by atoms with Gasteiger partial charge in [0, 0.05) is 24.1 Å². The highest BCUT2D eigenvalue weighted by Crippen LogP contribution is 2.41. The molecule has 7 heteroatoms. The van der Waals surface area contributed by atoms with E-state index in [1.54, 1.807) is 0 Å². The predicted octanol–water partition coefficient (Wildman–Crippen LogP) is 5.07. The summed E-state index contributed by atoms with van der Waals surface area (Å²) in [6, 6.07) is 16.4. The van der Waals surface area contributed by atoms with Crippen LogP contribution >= 0.6 is 23.8 Å². The summed E-state index contributed by atoms with van der Waals surface area (Å²) in [6.45, 7) is 6.19. The van der Waals surface area contributed by atoms with E-state index in [0.29, 0.717) is 0 Å². The molecule has 168 valence electrons. The molecule has 5 nitrogen and oxygen atoms in total. The molecule has 0 unspecified atom stereocenters. The Balaban J connectivity index is 1.78. The van der Waals surface area contributed by atoms with Crippen molar-refractivity contribution in [2.45, 2.75) is 32.4 Å². The Labute approximate surface area is 201 Å². The number of thiocarbonyl (C=S) groups is 1. The van der Waals surface area contributed by atoms with Crippen molar-refractivity contribution < 1.29 is 0 Å². The van der Waals surface area contributed by atoms with Crippen LogP contribution in [0.3, 0.4) is 0 Å². The molecule has 3 heterocycles. The summed E-state index contributed by atoms with van der Waals surface area (Å²) in [5.74, 6) is 0. The third-order valence-corrected chi connectivity index (χ3v) is 6.76. The van der Waals surface area contributed by atoms with Gasteiger partial charge in [0.05, 0.1) is 28.5 Å². The molecule has 32 heavy (non-hydrogen) atoms. The number of hydrogen-bond acceptors (Lipinski definition) is 3. The van der Waals surface area contributed by atoms with Crippen molar-refractivity contribution in [3.8, 4) is 5.69 Å². The number of rotatable bonds is 7. The minimum atomic E-state index is -0.0109. The molecular weight excluding hydrogens is 438 g/mol. The molecule has 0 bridgehead atoms. The van der Waals surface area contributed by atoms with Crippen molar-refractivity contribution in [3.63, 3.8) is 0 Å². The van der Waals surface area contributed by atoms with Gasteiger partial charge in [-0.05, 0) is 89.0 Å². The van der Waals surface area contributed by atoms with Gasteiger partial charge in [0.1, 0.15) is 0 Å². The Morgan fingerprint density at radius 1 is 1.12 bits per heavy atom. The number of hydrogen-bond donors (Lipinski definition) is 1. The highest BCUT2D eigenvalue weighted by Gasteiger charge is 2.41. The summed E-state index contributed by atoms with van der Waals surface area (Å²) in [6.07, 6.45) is 2.88. The van der Waals surface area contributed by atoms with Crippen LogP contribution in [0.2, 0.25) is 5.02 Å². The highest BCUT2D eigenvalue weighted by atomic mass is 35.5. The first kappa shape index (κ1) is 22.8. The summed E-state index contributed by atoms with van der Waals surface area (Å²) < 4.78 is 2.24. The van der Waals surface area contributed by atoms with E-state index in [2.05, 4.69) is 70.8 Å². The Morgan fingerprint density at radius 3 is 2.56 bits per heavy atom. The topological polar surface area (TPSA) is 36.3 Å². The number of pyridine rings is 1. The van der Waals surface area contributed by atoms with Crippen LogP contribution in [0.4, 0.5) is 0 Å². The van der Waals surface area contributed by atoms with Crippen molar-refractivity contribution in [1.82, 2.24) is 24.7 Å². The Bertz CT molecular complexity index is 1090. The summed E-state index contributed by atoms with van der Waals surface area (Å²) in [4.78, 5) is 9.20. The number of aromatic nitrogens is 2. The molecule has 0 radical (unpaired) electrons. The number of halogens is 1. The van der Waals surface area contributed by atoms with Gasteiger partial charge in [0.2, 0.25) is 0 Å². The van der Waals surface area contributed by atoms with Crippen LogP contribution in [0.15, 0.2) is 54.7 Å². The molecule has 1 N–H and O–H groups in total. The van der Waals surface area contributed by atoms with Gasteiger partial charge in [0.15, 0.2) is 5.11 Å². The van der Waals surface area contributed by atoms with Crippen molar-refractivity contribution >= 4 is 28.9 Å². The quantitative estimate of drug-likeness (QED) is 0.491. The molecule has 0 aliphatic carbocycles. The van der Waals surface area contributed by atoms with E-state index in [-0.39, 0.29) is 12.1 Å². The summed E-state index contributed by atoms with van der Waals surface area (Å²) in [5, 5.41) is 5.08. The van der Waals surface area contributed by atoms with E-state index in [1.807, 2.05) is 36.5 Å². The van der Waals surface area contributed by atoms with Gasteiger partial charge < -0.3 is 19.7 Å². The van der Waals surface area contributed by atoms with E-state index in [0.717, 1.165) is 46.7 Å². The van der Waals surface area contributed by atoms with Crippen molar-refractivity contribution in [1.29, 1.82) is 0 Å². The first-order chi connectivity index (χ1) is 15.4. The molecule has 0 amide bonds. The van der Waals surface area contributed by atoms with Crippen LogP contribution in [-0.2, 0) is 0 Å². The lowest BCUT2D eigenvalue weighted by atomic mass is 9.96. The zero-order valence-corrected chi connectivity index (χ0v) is 20.6. The third-order valence-electron chi connectivity index (χ3n) is 6.08. The van der Waals surface area contributed by atoms with Crippen molar-refractivity contribution in [2.24, 2.45) is 0 Å². The zero-order valence-electron chi connectivity index (χ0n) is 19.0. The van der Waals surface area contributed by atoms with Gasteiger partial charge in [-0.1, -0.05) is 29.8 Å². The van der Waals surface area contributed by atoms with Gasteiger partial charge in [-0.3, -0.25) is 4.98 Å². The minimum Gasteiger partial charge on any atom is -0.352 e. The molecule has 1 aliphatic rings. The fourth-order valence-corrected chi connectivity index (χ4v) is 5.19. The van der Waals surface area contributed by atoms with E-state index in [1.165, 1.54) is 11.3 Å². The van der Waals surface area contributed by atoms with Gasteiger partial charge >= 0.3 is 0 Å². The van der Waals surface area contributed by atoms with E-state index in [9.17, 15) is 0 Å². The largest absolute Gasteiger partial charge is 0.352 e. The van der Waals surface area contributed by atoms with Gasteiger partial charge in [0.25, 0.3) is 0 Å². The molecule has 1 aliphatic heterocycles. The summed E-state index contributed by atoms with van der Waals surface area (Å²) >= 11 is 12.4. The molecule has 1 aromatic carbocycles. The van der Waals surface area contributed by atoms with Gasteiger partial charge in [-0.25, -0.2) is 0 Å². The van der Waals surface area contributed by atoms with Crippen LogP contribution in [0.5, 0.6) is 0 Å². The highest BCUT2D eigenvalue weighted by molar-refractivity contribution is 7.80. The first-order valence-electron chi connectivity index (χ1n) is 10.9. The van der Waals surface area contributed by atoms with Crippen molar-refractivity contribution in [3.05, 3.63) is 82.4 Å². The van der Waals surface area contributed by atoms with E-state index < -0.39 is 0 Å². The SMILES string of the molecule is Cc1cc([C@H]2[C@H](c3ccccn3)NC(=S)N2CCCN(C)C)c(C)n1-c1ccccc1Cl. The molecule has 4 rings (SSSR count). The second kappa shape index (κ2) is 9.61. The maximum atomic E-state index is 6.57. The average molecular weight is 468 g/mol. The molecule has 0 saturated carbocycles. The molecule has 2 aromatic heterocycles. The van der Waals surface area contributed by atoms with Gasteiger partial charge in [-0.15, -0.1) is 0 Å². The number of para-hydroxylation sites is 1. The average Bonchev–Trinajstić information content (AvgIpc) is 3.24.